The highest BCUT2D eigenvalue weighted by Gasteiger charge is 2.63. The second kappa shape index (κ2) is 7.45. The van der Waals surface area contributed by atoms with Crippen LogP contribution < -0.4 is 10.2 Å². The van der Waals surface area contributed by atoms with Crippen molar-refractivity contribution < 1.29 is 24.0 Å². The van der Waals surface area contributed by atoms with E-state index in [-0.39, 0.29) is 23.1 Å². The van der Waals surface area contributed by atoms with Gasteiger partial charge in [0.25, 0.3) is 11.8 Å². The first-order valence-corrected chi connectivity index (χ1v) is 11.3. The van der Waals surface area contributed by atoms with Crippen LogP contribution in [0.25, 0.3) is 6.08 Å². The van der Waals surface area contributed by atoms with Gasteiger partial charge in [-0.2, -0.15) is 0 Å². The molecule has 1 atom stereocenters. The van der Waals surface area contributed by atoms with Crippen molar-refractivity contribution in [3.8, 4) is 0 Å². The van der Waals surface area contributed by atoms with E-state index in [4.69, 9.17) is 12.2 Å². The number of fused-ring (bicyclic) bond motifs is 4. The average molecular weight is 482 g/mol. The molecule has 1 aromatic rings. The zero-order valence-corrected chi connectivity index (χ0v) is 19.8. The Morgan fingerprint density at radius 3 is 2.38 bits per heavy atom. The minimum atomic E-state index is -1.41. The Hall–Kier alpha value is -3.60. The molecule has 176 valence electrons. The third kappa shape index (κ3) is 2.86. The fraction of sp³-hybridized carbons (Fsp3) is 0.391. The maximum atomic E-state index is 13.5. The summed E-state index contributed by atoms with van der Waals surface area (Å²) in [6.45, 7) is 0.685. The topological polar surface area (TPSA) is 110 Å². The normalized spacial score (nSPS) is 25.4. The number of carbonyl (C=O) groups excluding carboxylic acids is 5. The first kappa shape index (κ1) is 22.2. The number of imide groups is 2. The number of urea groups is 1. The summed E-state index contributed by atoms with van der Waals surface area (Å²) in [5.41, 5.74) is 0.779. The number of anilines is 1. The molecule has 1 unspecified atom stereocenters. The van der Waals surface area contributed by atoms with Crippen molar-refractivity contribution in [2.24, 2.45) is 5.41 Å². The van der Waals surface area contributed by atoms with E-state index in [0.717, 1.165) is 27.5 Å². The van der Waals surface area contributed by atoms with Crippen LogP contribution in [0.3, 0.4) is 0 Å². The average Bonchev–Trinajstić information content (AvgIpc) is 3.32. The Kier molecular flexibility index (Phi) is 4.87. The zero-order chi connectivity index (χ0) is 24.5. The van der Waals surface area contributed by atoms with Crippen molar-refractivity contribution in [1.82, 2.24) is 20.0 Å². The molecule has 6 amide bonds. The summed E-state index contributed by atoms with van der Waals surface area (Å²) in [7, 11) is 4.29. The highest BCUT2D eigenvalue weighted by molar-refractivity contribution is 7.80. The van der Waals surface area contributed by atoms with Gasteiger partial charge in [-0.15, -0.1) is 0 Å². The number of amides is 6. The van der Waals surface area contributed by atoms with Crippen molar-refractivity contribution >= 4 is 58.8 Å². The minimum Gasteiger partial charge on any atom is -0.367 e. The lowest BCUT2D eigenvalue weighted by molar-refractivity contribution is -0.159. The molecule has 4 heterocycles. The lowest BCUT2D eigenvalue weighted by atomic mass is 9.68. The molecule has 0 bridgehead atoms. The van der Waals surface area contributed by atoms with Crippen LogP contribution in [0.4, 0.5) is 10.5 Å². The fourth-order valence-corrected chi connectivity index (χ4v) is 5.72. The van der Waals surface area contributed by atoms with Crippen LogP contribution in [-0.4, -0.2) is 83.2 Å². The third-order valence-electron chi connectivity index (χ3n) is 7.27. The minimum absolute atomic E-state index is 0.0386. The van der Waals surface area contributed by atoms with Crippen LogP contribution in [0.2, 0.25) is 0 Å². The van der Waals surface area contributed by atoms with Gasteiger partial charge in [-0.25, -0.2) is 4.79 Å². The van der Waals surface area contributed by atoms with E-state index in [1.807, 2.05) is 6.07 Å². The molecule has 0 aromatic heterocycles. The molecular weight excluding hydrogens is 458 g/mol. The third-order valence-corrected chi connectivity index (χ3v) is 7.64. The molecule has 1 aromatic carbocycles. The van der Waals surface area contributed by atoms with Gasteiger partial charge >= 0.3 is 6.03 Å². The van der Waals surface area contributed by atoms with E-state index >= 15 is 0 Å². The van der Waals surface area contributed by atoms with Gasteiger partial charge in [0.05, 0.1) is 6.04 Å². The van der Waals surface area contributed by atoms with Crippen LogP contribution in [0.15, 0.2) is 23.8 Å². The molecule has 34 heavy (non-hydrogen) atoms. The van der Waals surface area contributed by atoms with Gasteiger partial charge in [-0.05, 0) is 60.8 Å². The second-order valence-corrected chi connectivity index (χ2v) is 9.47. The number of thiocarbonyl (C=S) groups is 1. The van der Waals surface area contributed by atoms with E-state index in [0.29, 0.717) is 18.5 Å². The molecule has 0 radical (unpaired) electrons. The number of likely N-dealkylation sites (N-methyl/N-ethyl adjacent to an activating group) is 1. The number of nitrogens with one attached hydrogen (secondary N) is 1. The Bertz CT molecular complexity index is 1220. The van der Waals surface area contributed by atoms with Crippen molar-refractivity contribution in [3.05, 3.63) is 34.9 Å². The number of carbonyl (C=O) groups is 5. The molecule has 0 aliphatic carbocycles. The van der Waals surface area contributed by atoms with Gasteiger partial charge in [0.15, 0.2) is 10.5 Å². The van der Waals surface area contributed by atoms with Crippen molar-refractivity contribution in [1.29, 1.82) is 0 Å². The summed E-state index contributed by atoms with van der Waals surface area (Å²) in [5, 5.41) is 2.52. The number of hydrogen-bond acceptors (Lipinski definition) is 7. The van der Waals surface area contributed by atoms with Crippen LogP contribution in [0.5, 0.6) is 0 Å². The van der Waals surface area contributed by atoms with E-state index in [9.17, 15) is 24.0 Å². The molecule has 3 fully saturated rings. The van der Waals surface area contributed by atoms with Crippen molar-refractivity contribution in [3.63, 3.8) is 0 Å². The van der Waals surface area contributed by atoms with E-state index in [2.05, 4.69) is 10.2 Å². The van der Waals surface area contributed by atoms with Gasteiger partial charge in [0, 0.05) is 33.4 Å². The molecule has 1 N–H and O–H groups in total. The maximum Gasteiger partial charge on any atom is 0.332 e. The van der Waals surface area contributed by atoms with Gasteiger partial charge in [-0.1, -0.05) is 6.07 Å². The molecule has 0 saturated carbocycles. The van der Waals surface area contributed by atoms with E-state index < -0.39 is 35.1 Å². The van der Waals surface area contributed by atoms with Gasteiger partial charge in [-0.3, -0.25) is 39.2 Å². The van der Waals surface area contributed by atoms with Gasteiger partial charge in [0.2, 0.25) is 11.8 Å². The zero-order valence-electron chi connectivity index (χ0n) is 19.0. The number of barbiturate groups is 1. The van der Waals surface area contributed by atoms with E-state index in [1.165, 1.54) is 32.1 Å². The second-order valence-electron chi connectivity index (χ2n) is 9.08. The standard InChI is InChI=1S/C23H23N5O5S/c1-25-18(30)14(17(29)24-21(25)34)10-12-6-7-15-13(9-12)11-23(16-5-4-8-28(15)16)19(31)26(2)22(33)27(3)20(23)32/h6-7,9-10,16H,4-5,8,11H2,1-3H3,(H,24,29,34)/b14-10-. The largest absolute Gasteiger partial charge is 0.367 e. The quantitative estimate of drug-likeness (QED) is 0.269. The van der Waals surface area contributed by atoms with Gasteiger partial charge in [0.1, 0.15) is 5.57 Å². The highest BCUT2D eigenvalue weighted by Crippen LogP contribution is 2.49. The molecule has 10 nitrogen and oxygen atoms in total. The first-order chi connectivity index (χ1) is 16.1. The Morgan fingerprint density at radius 1 is 1.03 bits per heavy atom. The Morgan fingerprint density at radius 2 is 1.71 bits per heavy atom. The maximum absolute atomic E-state index is 13.5. The molecule has 3 saturated heterocycles. The van der Waals surface area contributed by atoms with Crippen molar-refractivity contribution in [2.45, 2.75) is 25.3 Å². The summed E-state index contributed by atoms with van der Waals surface area (Å²) < 4.78 is 0. The molecular formula is C23H23N5O5S. The Balaban J connectivity index is 1.60. The van der Waals surface area contributed by atoms with Gasteiger partial charge < -0.3 is 4.90 Å². The summed E-state index contributed by atoms with van der Waals surface area (Å²) >= 11 is 4.99. The number of hydrogen-bond donors (Lipinski definition) is 1. The predicted octanol–water partition coefficient (Wildman–Crippen LogP) is 0.505. The smallest absolute Gasteiger partial charge is 0.332 e. The van der Waals surface area contributed by atoms with Crippen LogP contribution in [-0.2, 0) is 25.6 Å². The first-order valence-electron chi connectivity index (χ1n) is 10.9. The number of nitrogens with zero attached hydrogens (tertiary/aromatic N) is 4. The van der Waals surface area contributed by atoms with E-state index in [1.54, 1.807) is 12.1 Å². The lowest BCUT2D eigenvalue weighted by Gasteiger charge is -2.50. The monoisotopic (exact) mass is 481 g/mol. The Labute approximate surface area is 201 Å². The molecule has 1 spiro atoms. The number of benzene rings is 1. The molecule has 5 rings (SSSR count). The summed E-state index contributed by atoms with van der Waals surface area (Å²) in [4.78, 5) is 69.6. The fourth-order valence-electron chi connectivity index (χ4n) is 5.54. The SMILES string of the molecule is CN1C(=O)N(C)C(=O)C2(Cc3cc(/C=C4/C(=O)NC(=S)N(C)C4=O)ccc3N3CCCC32)C1=O. The molecule has 11 heteroatoms. The summed E-state index contributed by atoms with van der Waals surface area (Å²) in [6.07, 6.45) is 3.09. The highest BCUT2D eigenvalue weighted by atomic mass is 32.1. The van der Waals surface area contributed by atoms with Crippen LogP contribution in [0, 0.1) is 5.41 Å². The van der Waals surface area contributed by atoms with Crippen LogP contribution in [0.1, 0.15) is 24.0 Å². The van der Waals surface area contributed by atoms with Crippen LogP contribution >= 0.6 is 12.2 Å². The predicted molar refractivity (Wildman–Crippen MR) is 125 cm³/mol. The van der Waals surface area contributed by atoms with Crippen molar-refractivity contribution in [2.75, 3.05) is 32.6 Å². The molecule has 4 aliphatic rings. The molecule has 4 aliphatic heterocycles. The lowest BCUT2D eigenvalue weighted by Crippen LogP contribution is -2.70. The number of rotatable bonds is 1. The summed E-state index contributed by atoms with van der Waals surface area (Å²) in [6, 6.07) is 4.51. The summed E-state index contributed by atoms with van der Waals surface area (Å²) in [5.74, 6) is -2.09.